The maximum atomic E-state index is 15.2. The van der Waals surface area contributed by atoms with E-state index in [9.17, 15) is 26.3 Å². The Kier molecular flexibility index (Phi) is 12.6. The zero-order valence-electron chi connectivity index (χ0n) is 27.8. The van der Waals surface area contributed by atoms with Crippen molar-refractivity contribution < 1.29 is 72.0 Å². The number of unbranched alkanes of at least 4 members (excludes halogenated alkanes) is 3. The summed E-state index contributed by atoms with van der Waals surface area (Å²) < 4.78 is 181. The van der Waals surface area contributed by atoms with Crippen molar-refractivity contribution in [2.24, 2.45) is 5.92 Å². The number of ether oxygens (including phenoxy) is 5. The monoisotopic (exact) mass is 764 g/mol. The molecule has 16 heteroatoms. The van der Waals surface area contributed by atoms with Crippen LogP contribution >= 0.6 is 0 Å². The summed E-state index contributed by atoms with van der Waals surface area (Å²) in [7, 11) is 0. The molecule has 0 bridgehead atoms. The van der Waals surface area contributed by atoms with E-state index >= 15 is 22.0 Å². The Morgan fingerprint density at radius 2 is 1.30 bits per heavy atom. The Morgan fingerprint density at radius 1 is 0.660 bits per heavy atom. The molecule has 0 aliphatic carbocycles. The molecule has 0 unspecified atom stereocenters. The number of hydrogen-bond donors (Lipinski definition) is 0. The fourth-order valence-corrected chi connectivity index (χ4v) is 5.58. The van der Waals surface area contributed by atoms with E-state index in [1.165, 1.54) is 6.07 Å². The van der Waals surface area contributed by atoms with Crippen molar-refractivity contribution in [2.45, 2.75) is 51.4 Å². The van der Waals surface area contributed by atoms with Gasteiger partial charge in [-0.15, -0.1) is 13.2 Å². The van der Waals surface area contributed by atoms with Gasteiger partial charge in [0.2, 0.25) is 0 Å². The molecule has 0 saturated carbocycles. The second-order valence-corrected chi connectivity index (χ2v) is 12.1. The van der Waals surface area contributed by atoms with E-state index in [-0.39, 0.29) is 42.4 Å². The van der Waals surface area contributed by atoms with Gasteiger partial charge < -0.3 is 23.7 Å². The van der Waals surface area contributed by atoms with Gasteiger partial charge in [-0.05, 0) is 47.9 Å². The van der Waals surface area contributed by atoms with Crippen molar-refractivity contribution >= 4 is 0 Å². The van der Waals surface area contributed by atoms with Gasteiger partial charge in [0.1, 0.15) is 40.4 Å². The summed E-state index contributed by atoms with van der Waals surface area (Å²) in [4.78, 5) is 0. The number of alkyl halides is 5. The van der Waals surface area contributed by atoms with Gasteiger partial charge in [0, 0.05) is 35.8 Å². The van der Waals surface area contributed by atoms with Crippen molar-refractivity contribution in [3.63, 3.8) is 0 Å². The molecule has 1 saturated heterocycles. The van der Waals surface area contributed by atoms with Crippen molar-refractivity contribution in [3.8, 4) is 33.8 Å². The topological polar surface area (TPSA) is 46.2 Å². The molecule has 1 aliphatic rings. The first-order valence-corrected chi connectivity index (χ1v) is 16.3. The Morgan fingerprint density at radius 3 is 1.89 bits per heavy atom. The zero-order chi connectivity index (χ0) is 38.5. The lowest BCUT2D eigenvalue weighted by atomic mass is 10.00. The standard InChI is InChI=1S/C37H31F11O5/c1-2-3-4-5-10-49-17-20-18-50-35(51-19-20)22-6-8-25(26(38)12-22)23-13-30(42)34(31(43)14-23)36(44,45)52-24-15-28(40)33(29(41)16-24)21-7-9-32(27(39)11-21)53-37(46,47)48/h6-9,11-16,20,35H,2-5,10,17-19H2,1H3. The Labute approximate surface area is 296 Å². The van der Waals surface area contributed by atoms with E-state index in [1.807, 2.05) is 0 Å². The summed E-state index contributed by atoms with van der Waals surface area (Å²) in [5.41, 5.74) is -4.22. The van der Waals surface area contributed by atoms with Crippen LogP contribution in [0.2, 0.25) is 0 Å². The molecule has 1 aliphatic heterocycles. The first kappa shape index (κ1) is 39.8. The molecule has 1 heterocycles. The highest BCUT2D eigenvalue weighted by Crippen LogP contribution is 2.40. The van der Waals surface area contributed by atoms with Gasteiger partial charge in [-0.1, -0.05) is 44.4 Å². The van der Waals surface area contributed by atoms with Crippen molar-refractivity contribution in [2.75, 3.05) is 26.4 Å². The zero-order valence-corrected chi connectivity index (χ0v) is 27.8. The summed E-state index contributed by atoms with van der Waals surface area (Å²) in [6.45, 7) is 3.71. The molecule has 0 amide bonds. The van der Waals surface area contributed by atoms with Gasteiger partial charge >= 0.3 is 12.5 Å². The summed E-state index contributed by atoms with van der Waals surface area (Å²) >= 11 is 0. The molecular weight excluding hydrogens is 733 g/mol. The predicted molar refractivity (Wildman–Crippen MR) is 168 cm³/mol. The summed E-state index contributed by atoms with van der Waals surface area (Å²) in [6, 6.07) is 6.17. The molecule has 4 aromatic carbocycles. The lowest BCUT2D eigenvalue weighted by Gasteiger charge is -2.29. The molecule has 0 N–H and O–H groups in total. The van der Waals surface area contributed by atoms with Gasteiger partial charge in [0.05, 0.1) is 25.4 Å². The van der Waals surface area contributed by atoms with Gasteiger partial charge in [-0.25, -0.2) is 26.3 Å². The third-order valence-corrected chi connectivity index (χ3v) is 8.08. The van der Waals surface area contributed by atoms with Crippen LogP contribution in [0.5, 0.6) is 11.5 Å². The van der Waals surface area contributed by atoms with Crippen LogP contribution in [0.15, 0.2) is 60.7 Å². The van der Waals surface area contributed by atoms with Crippen LogP contribution in [0.4, 0.5) is 48.3 Å². The highest BCUT2D eigenvalue weighted by Gasteiger charge is 2.42. The first-order valence-electron chi connectivity index (χ1n) is 16.3. The largest absolute Gasteiger partial charge is 0.573 e. The van der Waals surface area contributed by atoms with Crippen molar-refractivity contribution in [3.05, 3.63) is 107 Å². The number of hydrogen-bond acceptors (Lipinski definition) is 5. The van der Waals surface area contributed by atoms with Gasteiger partial charge in [0.25, 0.3) is 0 Å². The lowest BCUT2D eigenvalue weighted by Crippen LogP contribution is -2.30. The number of halogens is 11. The van der Waals surface area contributed by atoms with E-state index < -0.39 is 87.4 Å². The molecule has 4 aromatic rings. The molecule has 0 spiro atoms. The van der Waals surface area contributed by atoms with E-state index in [1.54, 1.807) is 0 Å². The highest BCUT2D eigenvalue weighted by atomic mass is 19.4. The van der Waals surface area contributed by atoms with Crippen LogP contribution in [-0.4, -0.2) is 32.8 Å². The van der Waals surface area contributed by atoms with Gasteiger partial charge in [-0.3, -0.25) is 0 Å². The third-order valence-electron chi connectivity index (χ3n) is 8.08. The number of benzene rings is 4. The summed E-state index contributed by atoms with van der Waals surface area (Å²) in [6.07, 6.45) is -6.82. The smallest absolute Gasteiger partial charge is 0.429 e. The SMILES string of the molecule is CCCCCCOCC1COC(c2ccc(-c3cc(F)c(C(F)(F)Oc4cc(F)c(-c5ccc(OC(F)(F)F)c(F)c5)c(F)c4)c(F)c3)c(F)c2)OC1. The van der Waals surface area contributed by atoms with E-state index in [0.717, 1.165) is 37.8 Å². The molecule has 0 radical (unpaired) electrons. The molecule has 0 atom stereocenters. The maximum Gasteiger partial charge on any atom is 0.573 e. The normalized spacial score (nSPS) is 16.5. The minimum absolute atomic E-state index is 0.0346. The molecular formula is C37H31F11O5. The average molecular weight is 765 g/mol. The molecule has 5 rings (SSSR count). The predicted octanol–water partition coefficient (Wildman–Crippen LogP) is 11.1. The van der Waals surface area contributed by atoms with Crippen LogP contribution in [0.3, 0.4) is 0 Å². The maximum absolute atomic E-state index is 15.2. The molecule has 5 nitrogen and oxygen atoms in total. The third kappa shape index (κ3) is 9.97. The fourth-order valence-electron chi connectivity index (χ4n) is 5.58. The first-order chi connectivity index (χ1) is 25.1. The second kappa shape index (κ2) is 16.7. The van der Waals surface area contributed by atoms with Gasteiger partial charge in [0.15, 0.2) is 17.9 Å². The minimum atomic E-state index is -5.27. The molecule has 1 fully saturated rings. The van der Waals surface area contributed by atoms with Crippen LogP contribution in [0.25, 0.3) is 22.3 Å². The Bertz CT molecular complexity index is 1850. The quantitative estimate of drug-likeness (QED) is 0.0945. The van der Waals surface area contributed by atoms with Crippen LogP contribution in [0.1, 0.15) is 50.0 Å². The van der Waals surface area contributed by atoms with E-state index in [2.05, 4.69) is 16.4 Å². The van der Waals surface area contributed by atoms with Crippen molar-refractivity contribution in [1.82, 2.24) is 0 Å². The van der Waals surface area contributed by atoms with Crippen molar-refractivity contribution in [1.29, 1.82) is 0 Å². The second-order valence-electron chi connectivity index (χ2n) is 12.1. The minimum Gasteiger partial charge on any atom is -0.429 e. The number of rotatable bonds is 14. The summed E-state index contributed by atoms with van der Waals surface area (Å²) in [5, 5.41) is 0. The van der Waals surface area contributed by atoms with E-state index in [0.29, 0.717) is 43.5 Å². The Hall–Kier alpha value is -4.41. The Balaban J connectivity index is 1.26. The highest BCUT2D eigenvalue weighted by molar-refractivity contribution is 5.67. The van der Waals surface area contributed by atoms with E-state index in [4.69, 9.17) is 14.2 Å². The summed E-state index contributed by atoms with van der Waals surface area (Å²) in [5.74, 6) is -12.3. The molecule has 286 valence electrons. The van der Waals surface area contributed by atoms with Crippen LogP contribution in [0, 0.1) is 40.8 Å². The lowest BCUT2D eigenvalue weighted by molar-refractivity contribution is -0.275. The molecule has 0 aromatic heterocycles. The fraction of sp³-hybridized carbons (Fsp3) is 0.351. The van der Waals surface area contributed by atoms with Gasteiger partial charge in [-0.2, -0.15) is 8.78 Å². The average Bonchev–Trinajstić information content (AvgIpc) is 3.06. The molecule has 53 heavy (non-hydrogen) atoms. The van der Waals surface area contributed by atoms with Crippen LogP contribution in [-0.2, 0) is 20.3 Å². The van der Waals surface area contributed by atoms with Crippen LogP contribution < -0.4 is 9.47 Å².